The maximum absolute atomic E-state index is 6.02. The van der Waals surface area contributed by atoms with Gasteiger partial charge in [0, 0.05) is 19.6 Å². The average Bonchev–Trinajstić information content (AvgIpc) is 2.99. The number of rotatable bonds is 3. The predicted molar refractivity (Wildman–Crippen MR) is 63.6 cm³/mol. The van der Waals surface area contributed by atoms with Crippen LogP contribution in [-0.2, 0) is 11.3 Å². The van der Waals surface area contributed by atoms with Gasteiger partial charge < -0.3 is 4.74 Å². The van der Waals surface area contributed by atoms with Crippen LogP contribution in [0.4, 0.5) is 0 Å². The summed E-state index contributed by atoms with van der Waals surface area (Å²) < 4.78 is 7.92. The van der Waals surface area contributed by atoms with E-state index in [1.807, 2.05) is 4.68 Å². The summed E-state index contributed by atoms with van der Waals surface area (Å²) in [5.41, 5.74) is 0.181. The summed E-state index contributed by atoms with van der Waals surface area (Å²) in [6, 6.07) is 0. The molecule has 1 aromatic heterocycles. The molecule has 5 heteroatoms. The van der Waals surface area contributed by atoms with E-state index in [4.69, 9.17) is 4.74 Å². The molecule has 0 N–H and O–H groups in total. The fourth-order valence-electron chi connectivity index (χ4n) is 3.03. The van der Waals surface area contributed by atoms with Crippen molar-refractivity contribution in [2.75, 3.05) is 26.2 Å². The van der Waals surface area contributed by atoms with Gasteiger partial charge in [-0.15, -0.1) is 0 Å². The Hall–Kier alpha value is -0.940. The van der Waals surface area contributed by atoms with E-state index in [0.29, 0.717) is 0 Å². The van der Waals surface area contributed by atoms with Crippen LogP contribution in [0.5, 0.6) is 0 Å². The molecule has 1 aliphatic carbocycles. The molecule has 2 aliphatic rings. The Balaban J connectivity index is 1.53. The highest BCUT2D eigenvalue weighted by molar-refractivity contribution is 4.91. The van der Waals surface area contributed by atoms with Crippen LogP contribution in [0.2, 0.25) is 0 Å². The highest BCUT2D eigenvalue weighted by atomic mass is 16.5. The lowest BCUT2D eigenvalue weighted by Gasteiger charge is -2.40. The van der Waals surface area contributed by atoms with Crippen molar-refractivity contribution in [3.8, 4) is 0 Å². The van der Waals surface area contributed by atoms with Crippen molar-refractivity contribution < 1.29 is 4.74 Å². The van der Waals surface area contributed by atoms with Crippen LogP contribution >= 0.6 is 0 Å². The minimum absolute atomic E-state index is 0.181. The number of nitrogens with zero attached hydrogens (tertiary/aromatic N) is 4. The van der Waals surface area contributed by atoms with Crippen LogP contribution in [0.3, 0.4) is 0 Å². The molecule has 2 heterocycles. The van der Waals surface area contributed by atoms with E-state index in [1.54, 1.807) is 12.7 Å². The molecule has 17 heavy (non-hydrogen) atoms. The number of ether oxygens (including phenoxy) is 1. The molecule has 0 amide bonds. The monoisotopic (exact) mass is 236 g/mol. The molecule has 0 atom stereocenters. The molecule has 1 saturated heterocycles. The minimum atomic E-state index is 0.181. The SMILES string of the molecule is c1ncn(CCN2CCOC3(CCCC3)C2)n1. The Kier molecular flexibility index (Phi) is 3.11. The summed E-state index contributed by atoms with van der Waals surface area (Å²) in [6.07, 6.45) is 8.52. The van der Waals surface area contributed by atoms with Crippen molar-refractivity contribution in [1.29, 1.82) is 0 Å². The first-order valence-corrected chi connectivity index (χ1v) is 6.55. The molecule has 3 rings (SSSR count). The van der Waals surface area contributed by atoms with Gasteiger partial charge in [-0.25, -0.2) is 4.98 Å². The van der Waals surface area contributed by atoms with E-state index < -0.39 is 0 Å². The predicted octanol–water partition coefficient (Wildman–Crippen LogP) is 0.923. The number of hydrogen-bond donors (Lipinski definition) is 0. The van der Waals surface area contributed by atoms with Gasteiger partial charge in [-0.3, -0.25) is 9.58 Å². The normalized spacial score (nSPS) is 24.5. The summed E-state index contributed by atoms with van der Waals surface area (Å²) in [5, 5.41) is 4.14. The van der Waals surface area contributed by atoms with Gasteiger partial charge in [-0.1, -0.05) is 12.8 Å². The molecule has 2 fully saturated rings. The second-order valence-electron chi connectivity index (χ2n) is 5.17. The first-order valence-electron chi connectivity index (χ1n) is 6.55. The third kappa shape index (κ3) is 2.50. The largest absolute Gasteiger partial charge is 0.372 e. The molecule has 1 saturated carbocycles. The van der Waals surface area contributed by atoms with Crippen molar-refractivity contribution in [3.63, 3.8) is 0 Å². The van der Waals surface area contributed by atoms with Gasteiger partial charge in [-0.2, -0.15) is 5.10 Å². The number of hydrogen-bond acceptors (Lipinski definition) is 4. The van der Waals surface area contributed by atoms with Crippen molar-refractivity contribution >= 4 is 0 Å². The highest BCUT2D eigenvalue weighted by Crippen LogP contribution is 2.35. The van der Waals surface area contributed by atoms with Crippen LogP contribution < -0.4 is 0 Å². The van der Waals surface area contributed by atoms with Gasteiger partial charge in [0.05, 0.1) is 18.8 Å². The Morgan fingerprint density at radius 2 is 2.12 bits per heavy atom. The second-order valence-corrected chi connectivity index (χ2v) is 5.17. The first kappa shape index (κ1) is 11.2. The summed E-state index contributed by atoms with van der Waals surface area (Å²) in [4.78, 5) is 6.48. The van der Waals surface area contributed by atoms with Gasteiger partial charge in [0.25, 0.3) is 0 Å². The molecule has 0 aromatic carbocycles. The van der Waals surface area contributed by atoms with Gasteiger partial charge in [0.15, 0.2) is 0 Å². The Labute approximate surface area is 102 Å². The van der Waals surface area contributed by atoms with E-state index in [9.17, 15) is 0 Å². The summed E-state index contributed by atoms with van der Waals surface area (Å²) in [5.74, 6) is 0. The Bertz CT molecular complexity index is 345. The summed E-state index contributed by atoms with van der Waals surface area (Å²) in [6.45, 7) is 5.01. The molecular formula is C12H20N4O. The van der Waals surface area contributed by atoms with E-state index in [1.165, 1.54) is 25.7 Å². The molecule has 0 radical (unpaired) electrons. The lowest BCUT2D eigenvalue weighted by molar-refractivity contribution is -0.105. The third-order valence-corrected chi connectivity index (χ3v) is 3.95. The zero-order chi connectivity index (χ0) is 11.6. The molecule has 0 unspecified atom stereocenters. The van der Waals surface area contributed by atoms with Crippen LogP contribution in [0.1, 0.15) is 25.7 Å². The fourth-order valence-corrected chi connectivity index (χ4v) is 3.03. The molecule has 5 nitrogen and oxygen atoms in total. The molecule has 0 bridgehead atoms. The smallest absolute Gasteiger partial charge is 0.137 e. The average molecular weight is 236 g/mol. The van der Waals surface area contributed by atoms with Crippen LogP contribution in [-0.4, -0.2) is 51.5 Å². The fraction of sp³-hybridized carbons (Fsp3) is 0.833. The second kappa shape index (κ2) is 4.74. The quantitative estimate of drug-likeness (QED) is 0.783. The van der Waals surface area contributed by atoms with Crippen LogP contribution in [0.15, 0.2) is 12.7 Å². The van der Waals surface area contributed by atoms with E-state index >= 15 is 0 Å². The van der Waals surface area contributed by atoms with Crippen molar-refractivity contribution in [2.45, 2.75) is 37.8 Å². The Morgan fingerprint density at radius 3 is 2.88 bits per heavy atom. The number of morpholine rings is 1. The zero-order valence-corrected chi connectivity index (χ0v) is 10.2. The molecular weight excluding hydrogens is 216 g/mol. The van der Waals surface area contributed by atoms with E-state index in [0.717, 1.165) is 32.8 Å². The van der Waals surface area contributed by atoms with Crippen LogP contribution in [0.25, 0.3) is 0 Å². The Morgan fingerprint density at radius 1 is 1.24 bits per heavy atom. The molecule has 94 valence electrons. The van der Waals surface area contributed by atoms with Gasteiger partial charge in [-0.05, 0) is 12.8 Å². The summed E-state index contributed by atoms with van der Waals surface area (Å²) in [7, 11) is 0. The van der Waals surface area contributed by atoms with Gasteiger partial charge in [0.1, 0.15) is 12.7 Å². The molecule has 1 spiro atoms. The maximum atomic E-state index is 6.02. The maximum Gasteiger partial charge on any atom is 0.137 e. The minimum Gasteiger partial charge on any atom is -0.372 e. The van der Waals surface area contributed by atoms with Gasteiger partial charge in [0.2, 0.25) is 0 Å². The highest BCUT2D eigenvalue weighted by Gasteiger charge is 2.38. The molecule has 1 aromatic rings. The van der Waals surface area contributed by atoms with Crippen molar-refractivity contribution in [3.05, 3.63) is 12.7 Å². The van der Waals surface area contributed by atoms with Gasteiger partial charge >= 0.3 is 0 Å². The summed E-state index contributed by atoms with van der Waals surface area (Å²) >= 11 is 0. The topological polar surface area (TPSA) is 43.2 Å². The third-order valence-electron chi connectivity index (χ3n) is 3.95. The lowest BCUT2D eigenvalue weighted by Crippen LogP contribution is -2.50. The lowest BCUT2D eigenvalue weighted by atomic mass is 10.00. The van der Waals surface area contributed by atoms with Crippen LogP contribution in [0, 0.1) is 0 Å². The van der Waals surface area contributed by atoms with E-state index in [-0.39, 0.29) is 5.60 Å². The van der Waals surface area contributed by atoms with E-state index in [2.05, 4.69) is 15.0 Å². The number of aromatic nitrogens is 3. The zero-order valence-electron chi connectivity index (χ0n) is 10.2. The van der Waals surface area contributed by atoms with Crippen molar-refractivity contribution in [2.24, 2.45) is 0 Å². The molecule has 1 aliphatic heterocycles. The van der Waals surface area contributed by atoms with Crippen molar-refractivity contribution in [1.82, 2.24) is 19.7 Å². The standard InChI is InChI=1S/C12H20N4O/c1-2-4-12(3-1)9-15(7-8-17-12)5-6-16-11-13-10-14-16/h10-11H,1-9H2. The first-order chi connectivity index (χ1) is 8.36.